The van der Waals surface area contributed by atoms with Gasteiger partial charge in [-0.15, -0.1) is 11.3 Å². The number of hydrogen-bond donors (Lipinski definition) is 2. The average molecular weight is 353 g/mol. The quantitative estimate of drug-likeness (QED) is 0.793. The van der Waals surface area contributed by atoms with Gasteiger partial charge in [0.25, 0.3) is 0 Å². The number of thiazole rings is 1. The van der Waals surface area contributed by atoms with Crippen molar-refractivity contribution < 1.29 is 4.79 Å². The van der Waals surface area contributed by atoms with Crippen molar-refractivity contribution >= 4 is 34.7 Å². The fourth-order valence-corrected chi connectivity index (χ4v) is 2.89. The molecule has 0 atom stereocenters. The van der Waals surface area contributed by atoms with Gasteiger partial charge in [0.15, 0.2) is 0 Å². The molecule has 7 heteroatoms. The van der Waals surface area contributed by atoms with Crippen molar-refractivity contribution in [3.05, 3.63) is 45.4 Å². The van der Waals surface area contributed by atoms with E-state index in [1.54, 1.807) is 35.6 Å². The van der Waals surface area contributed by atoms with Crippen LogP contribution in [0, 0.1) is 0 Å². The van der Waals surface area contributed by atoms with E-state index < -0.39 is 0 Å². The zero-order valence-corrected chi connectivity index (χ0v) is 14.9. The van der Waals surface area contributed by atoms with Gasteiger partial charge in [0.1, 0.15) is 5.01 Å². The zero-order valence-electron chi connectivity index (χ0n) is 13.3. The molecule has 0 saturated heterocycles. The van der Waals surface area contributed by atoms with E-state index >= 15 is 0 Å². The molecule has 0 bridgehead atoms. The first-order valence-corrected chi connectivity index (χ1v) is 8.82. The largest absolute Gasteiger partial charge is 0.331 e. The summed E-state index contributed by atoms with van der Waals surface area (Å²) in [7, 11) is 0. The number of amides is 2. The van der Waals surface area contributed by atoms with Crippen LogP contribution in [-0.2, 0) is 13.1 Å². The molecule has 0 spiro atoms. The van der Waals surface area contributed by atoms with E-state index in [2.05, 4.69) is 34.4 Å². The van der Waals surface area contributed by atoms with Gasteiger partial charge in [0.2, 0.25) is 0 Å². The van der Waals surface area contributed by atoms with Crippen LogP contribution in [0.4, 0.5) is 10.5 Å². The monoisotopic (exact) mass is 352 g/mol. The van der Waals surface area contributed by atoms with Crippen molar-refractivity contribution in [2.75, 3.05) is 18.4 Å². The maximum atomic E-state index is 11.9. The molecule has 0 aliphatic carbocycles. The molecule has 1 aromatic heterocycles. The SMILES string of the molecule is CCN(CC)Cc1csc(CNC(=O)Nc2ccc(Cl)cc2)n1. The summed E-state index contributed by atoms with van der Waals surface area (Å²) in [6.07, 6.45) is 0. The van der Waals surface area contributed by atoms with Gasteiger partial charge in [-0.25, -0.2) is 9.78 Å². The summed E-state index contributed by atoms with van der Waals surface area (Å²) in [4.78, 5) is 18.7. The van der Waals surface area contributed by atoms with Crippen molar-refractivity contribution in [1.29, 1.82) is 0 Å². The van der Waals surface area contributed by atoms with Gasteiger partial charge < -0.3 is 10.6 Å². The number of hydrogen-bond acceptors (Lipinski definition) is 4. The highest BCUT2D eigenvalue weighted by atomic mass is 35.5. The van der Waals surface area contributed by atoms with E-state index in [1.807, 2.05) is 5.38 Å². The Morgan fingerprint density at radius 2 is 1.96 bits per heavy atom. The van der Waals surface area contributed by atoms with Crippen molar-refractivity contribution in [1.82, 2.24) is 15.2 Å². The van der Waals surface area contributed by atoms with Crippen molar-refractivity contribution in [2.24, 2.45) is 0 Å². The highest BCUT2D eigenvalue weighted by Crippen LogP contribution is 2.14. The third kappa shape index (κ3) is 5.82. The predicted octanol–water partition coefficient (Wildman–Crippen LogP) is 3.96. The third-order valence-corrected chi connectivity index (χ3v) is 4.53. The summed E-state index contributed by atoms with van der Waals surface area (Å²) in [5.74, 6) is 0. The van der Waals surface area contributed by atoms with Crippen LogP contribution in [0.3, 0.4) is 0 Å². The smallest absolute Gasteiger partial charge is 0.319 e. The van der Waals surface area contributed by atoms with E-state index in [0.29, 0.717) is 17.3 Å². The Balaban J connectivity index is 1.80. The Hall–Kier alpha value is -1.63. The second-order valence-electron chi connectivity index (χ2n) is 5.01. The topological polar surface area (TPSA) is 57.3 Å². The first-order chi connectivity index (χ1) is 11.1. The molecule has 0 unspecified atom stereocenters. The summed E-state index contributed by atoms with van der Waals surface area (Å²) >= 11 is 7.37. The van der Waals surface area contributed by atoms with E-state index in [9.17, 15) is 4.79 Å². The first-order valence-electron chi connectivity index (χ1n) is 7.56. The Morgan fingerprint density at radius 1 is 1.26 bits per heavy atom. The number of aromatic nitrogens is 1. The second-order valence-corrected chi connectivity index (χ2v) is 6.39. The Kier molecular flexibility index (Phi) is 6.83. The summed E-state index contributed by atoms with van der Waals surface area (Å²) in [5.41, 5.74) is 1.75. The maximum Gasteiger partial charge on any atom is 0.319 e. The van der Waals surface area contributed by atoms with Crippen LogP contribution in [0.1, 0.15) is 24.5 Å². The highest BCUT2D eigenvalue weighted by molar-refractivity contribution is 7.09. The molecule has 0 aliphatic rings. The fraction of sp³-hybridized carbons (Fsp3) is 0.375. The van der Waals surface area contributed by atoms with Crippen LogP contribution < -0.4 is 10.6 Å². The normalized spacial score (nSPS) is 10.8. The standard InChI is InChI=1S/C16H21ClN4OS/c1-3-21(4-2)10-14-11-23-15(19-14)9-18-16(22)20-13-7-5-12(17)6-8-13/h5-8,11H,3-4,9-10H2,1-2H3,(H2,18,20,22). The van der Waals surface area contributed by atoms with Crippen LogP contribution in [0.15, 0.2) is 29.6 Å². The minimum atomic E-state index is -0.257. The molecule has 0 fully saturated rings. The van der Waals surface area contributed by atoms with Crippen molar-refractivity contribution in [3.8, 4) is 0 Å². The van der Waals surface area contributed by atoms with E-state index in [-0.39, 0.29) is 6.03 Å². The van der Waals surface area contributed by atoms with Gasteiger partial charge in [-0.2, -0.15) is 0 Å². The molecular formula is C16H21ClN4OS. The number of nitrogens with zero attached hydrogens (tertiary/aromatic N) is 2. The number of halogens is 1. The first kappa shape index (κ1) is 17.7. The summed E-state index contributed by atoms with van der Waals surface area (Å²) in [6, 6.07) is 6.73. The molecule has 0 aliphatic heterocycles. The molecule has 124 valence electrons. The fourth-order valence-electron chi connectivity index (χ4n) is 2.04. The number of anilines is 1. The van der Waals surface area contributed by atoms with Gasteiger partial charge in [0, 0.05) is 22.6 Å². The highest BCUT2D eigenvalue weighted by Gasteiger charge is 2.07. The molecule has 5 nitrogen and oxygen atoms in total. The number of urea groups is 1. The van der Waals surface area contributed by atoms with Crippen LogP contribution in [0.2, 0.25) is 5.02 Å². The van der Waals surface area contributed by atoms with Gasteiger partial charge in [-0.1, -0.05) is 25.4 Å². The maximum absolute atomic E-state index is 11.9. The van der Waals surface area contributed by atoms with Crippen LogP contribution in [-0.4, -0.2) is 29.0 Å². The number of rotatable bonds is 7. The number of nitrogens with one attached hydrogen (secondary N) is 2. The minimum Gasteiger partial charge on any atom is -0.331 e. The predicted molar refractivity (Wildman–Crippen MR) is 96.0 cm³/mol. The molecule has 0 radical (unpaired) electrons. The molecule has 2 aromatic rings. The van der Waals surface area contributed by atoms with Crippen LogP contribution in [0.5, 0.6) is 0 Å². The second kappa shape index (κ2) is 8.86. The van der Waals surface area contributed by atoms with E-state index in [4.69, 9.17) is 11.6 Å². The summed E-state index contributed by atoms with van der Waals surface area (Å²) in [5, 5.41) is 9.15. The third-order valence-electron chi connectivity index (χ3n) is 3.38. The Bertz CT molecular complexity index is 625. The molecule has 2 amide bonds. The van der Waals surface area contributed by atoms with Gasteiger partial charge >= 0.3 is 6.03 Å². The lowest BCUT2D eigenvalue weighted by atomic mass is 10.3. The zero-order chi connectivity index (χ0) is 16.7. The lowest BCUT2D eigenvalue weighted by Gasteiger charge is -2.15. The molecular weight excluding hydrogens is 332 g/mol. The minimum absolute atomic E-state index is 0.257. The molecule has 1 aromatic carbocycles. The van der Waals surface area contributed by atoms with Crippen LogP contribution >= 0.6 is 22.9 Å². The van der Waals surface area contributed by atoms with Gasteiger partial charge in [-0.3, -0.25) is 4.90 Å². The van der Waals surface area contributed by atoms with Crippen molar-refractivity contribution in [2.45, 2.75) is 26.9 Å². The lowest BCUT2D eigenvalue weighted by Crippen LogP contribution is -2.28. The van der Waals surface area contributed by atoms with Crippen LogP contribution in [0.25, 0.3) is 0 Å². The molecule has 2 rings (SSSR count). The number of benzene rings is 1. The Morgan fingerprint density at radius 3 is 2.61 bits per heavy atom. The molecule has 0 saturated carbocycles. The van der Waals surface area contributed by atoms with E-state index in [1.165, 1.54) is 0 Å². The molecule has 23 heavy (non-hydrogen) atoms. The Labute approximate surface area is 145 Å². The summed E-state index contributed by atoms with van der Waals surface area (Å²) < 4.78 is 0. The number of carbonyl (C=O) groups is 1. The molecule has 1 heterocycles. The van der Waals surface area contributed by atoms with Gasteiger partial charge in [0.05, 0.1) is 12.2 Å². The molecule has 2 N–H and O–H groups in total. The average Bonchev–Trinajstić information content (AvgIpc) is 3.00. The lowest BCUT2D eigenvalue weighted by molar-refractivity contribution is 0.251. The summed E-state index contributed by atoms with van der Waals surface area (Å²) in [6.45, 7) is 7.55. The van der Waals surface area contributed by atoms with Gasteiger partial charge in [-0.05, 0) is 37.4 Å². The van der Waals surface area contributed by atoms with Crippen molar-refractivity contribution in [3.63, 3.8) is 0 Å². The van der Waals surface area contributed by atoms with E-state index in [0.717, 1.165) is 30.3 Å². The number of carbonyl (C=O) groups excluding carboxylic acids is 1.